The molecule has 0 aliphatic carbocycles. The summed E-state index contributed by atoms with van der Waals surface area (Å²) in [6.07, 6.45) is 2.63. The molecular formula is C30H32F3N7O3S. The highest BCUT2D eigenvalue weighted by atomic mass is 32.2. The van der Waals surface area contributed by atoms with E-state index < -0.39 is 22.8 Å². The van der Waals surface area contributed by atoms with Crippen molar-refractivity contribution in [2.24, 2.45) is 4.36 Å². The van der Waals surface area contributed by atoms with Crippen LogP contribution >= 0.6 is 0 Å². The molecule has 0 spiro atoms. The van der Waals surface area contributed by atoms with Crippen LogP contribution in [0.1, 0.15) is 38.1 Å². The summed E-state index contributed by atoms with van der Waals surface area (Å²) in [6, 6.07) is 9.36. The van der Waals surface area contributed by atoms with Gasteiger partial charge in [-0.2, -0.15) is 22.6 Å². The topological polar surface area (TPSA) is 108 Å². The third kappa shape index (κ3) is 5.97. The van der Waals surface area contributed by atoms with Gasteiger partial charge in [-0.05, 0) is 86.0 Å². The monoisotopic (exact) mass is 627 g/mol. The molecule has 0 bridgehead atoms. The summed E-state index contributed by atoms with van der Waals surface area (Å²) < 4.78 is 55.4. The standard InChI is InChI=1S/C30H32F3N7O3S/c1-18-17-42-15-13-39(18)24-16-22(20-7-8-25(36-19(20)2)44(3)38-29(41)30(31,32)33)21-9-11-34-28(27(21)37-24)23-10-12-35-40(23)26-6-4-5-14-43-26/h7-12,16,18,26H,4-6,13-15,17H2,1-3H3. The summed E-state index contributed by atoms with van der Waals surface area (Å²) in [5.74, 6) is -1.36. The number of carbonyl (C=O) groups excluding carboxylic acids is 1. The van der Waals surface area contributed by atoms with E-state index in [0.29, 0.717) is 48.3 Å². The predicted octanol–water partition coefficient (Wildman–Crippen LogP) is 5.67. The molecule has 0 aromatic carbocycles. The average Bonchev–Trinajstić information content (AvgIpc) is 3.50. The number of hydrogen-bond donors (Lipinski definition) is 0. The van der Waals surface area contributed by atoms with Crippen LogP contribution in [0.2, 0.25) is 0 Å². The van der Waals surface area contributed by atoms with Gasteiger partial charge in [0.1, 0.15) is 22.1 Å². The van der Waals surface area contributed by atoms with Crippen LogP contribution in [0, 0.1) is 6.92 Å². The number of amides is 1. The lowest BCUT2D eigenvalue weighted by Gasteiger charge is -2.34. The summed E-state index contributed by atoms with van der Waals surface area (Å²) in [7, 11) is -1.38. The number of nitrogens with zero attached hydrogens (tertiary/aromatic N) is 7. The molecule has 2 aliphatic heterocycles. The highest BCUT2D eigenvalue weighted by Crippen LogP contribution is 2.38. The number of hydrogen-bond acceptors (Lipinski definition) is 8. The first-order chi connectivity index (χ1) is 21.1. The maximum Gasteiger partial charge on any atom is 0.474 e. The maximum absolute atomic E-state index is 12.8. The molecule has 0 N–H and O–H groups in total. The normalized spacial score (nSPS) is 20.3. The Morgan fingerprint density at radius 1 is 1.09 bits per heavy atom. The molecule has 2 fully saturated rings. The van der Waals surface area contributed by atoms with Crippen LogP contribution in [0.25, 0.3) is 33.4 Å². The fourth-order valence-corrected chi connectivity index (χ4v) is 6.60. The van der Waals surface area contributed by atoms with Crippen molar-refractivity contribution < 1.29 is 27.4 Å². The molecule has 4 aromatic rings. The Morgan fingerprint density at radius 3 is 2.66 bits per heavy atom. The molecule has 3 unspecified atom stereocenters. The van der Waals surface area contributed by atoms with Crippen molar-refractivity contribution in [1.29, 1.82) is 0 Å². The number of carbonyl (C=O) groups is 1. The van der Waals surface area contributed by atoms with Gasteiger partial charge in [-0.1, -0.05) is 0 Å². The lowest BCUT2D eigenvalue weighted by molar-refractivity contribution is -0.169. The Hall–Kier alpha value is -3.75. The molecule has 1 amide bonds. The first-order valence-electron chi connectivity index (χ1n) is 14.4. The van der Waals surface area contributed by atoms with Crippen molar-refractivity contribution in [1.82, 2.24) is 24.7 Å². The molecule has 4 aromatic heterocycles. The van der Waals surface area contributed by atoms with E-state index in [2.05, 4.69) is 26.3 Å². The number of anilines is 1. The quantitative estimate of drug-likeness (QED) is 0.279. The SMILES string of the molecule is Cc1nc(S(C)=NC(=O)C(F)(F)F)ccc1-c1cc(N2CCOCC2C)nc2c(-c3ccnn3C3CCCCO3)nccc12. The minimum absolute atomic E-state index is 0.0827. The zero-order chi connectivity index (χ0) is 31.0. The summed E-state index contributed by atoms with van der Waals surface area (Å²) in [5, 5.41) is 5.72. The van der Waals surface area contributed by atoms with Crippen LogP contribution < -0.4 is 4.90 Å². The van der Waals surface area contributed by atoms with Crippen LogP contribution in [-0.2, 0) is 25.0 Å². The molecule has 0 radical (unpaired) electrons. The van der Waals surface area contributed by atoms with Crippen LogP contribution in [0.3, 0.4) is 0 Å². The Labute approximate surface area is 254 Å². The number of pyridine rings is 3. The summed E-state index contributed by atoms with van der Waals surface area (Å²) >= 11 is 0. The van der Waals surface area contributed by atoms with Gasteiger partial charge in [0, 0.05) is 42.2 Å². The van der Waals surface area contributed by atoms with Crippen LogP contribution in [0.15, 0.2) is 52.1 Å². The van der Waals surface area contributed by atoms with E-state index in [1.54, 1.807) is 25.4 Å². The van der Waals surface area contributed by atoms with E-state index in [1.165, 1.54) is 6.26 Å². The number of fused-ring (bicyclic) bond motifs is 1. The van der Waals surface area contributed by atoms with Gasteiger partial charge < -0.3 is 14.4 Å². The van der Waals surface area contributed by atoms with Crippen molar-refractivity contribution in [2.45, 2.75) is 56.6 Å². The molecule has 10 nitrogen and oxygen atoms in total. The van der Waals surface area contributed by atoms with Crippen LogP contribution in [0.4, 0.5) is 19.0 Å². The van der Waals surface area contributed by atoms with Gasteiger partial charge in [-0.25, -0.2) is 14.6 Å². The molecule has 6 rings (SSSR count). The third-order valence-electron chi connectivity index (χ3n) is 7.83. The van der Waals surface area contributed by atoms with E-state index in [4.69, 9.17) is 19.4 Å². The predicted molar refractivity (Wildman–Crippen MR) is 160 cm³/mol. The number of aryl methyl sites for hydroxylation is 1. The van der Waals surface area contributed by atoms with E-state index in [1.807, 2.05) is 28.9 Å². The smallest absolute Gasteiger partial charge is 0.377 e. The summed E-state index contributed by atoms with van der Waals surface area (Å²) in [6.45, 7) is 6.34. The molecule has 0 saturated carbocycles. The third-order valence-corrected chi connectivity index (χ3v) is 9.11. The molecule has 14 heteroatoms. The van der Waals surface area contributed by atoms with E-state index >= 15 is 0 Å². The molecule has 44 heavy (non-hydrogen) atoms. The first kappa shape index (κ1) is 30.3. The van der Waals surface area contributed by atoms with Gasteiger partial charge in [-0.3, -0.25) is 9.78 Å². The van der Waals surface area contributed by atoms with Gasteiger partial charge in [0.05, 0.1) is 24.9 Å². The second kappa shape index (κ2) is 12.3. The van der Waals surface area contributed by atoms with Crippen LogP contribution in [0.5, 0.6) is 0 Å². The lowest BCUT2D eigenvalue weighted by Crippen LogP contribution is -2.44. The second-order valence-corrected chi connectivity index (χ2v) is 12.4. The Morgan fingerprint density at radius 2 is 1.93 bits per heavy atom. The van der Waals surface area contributed by atoms with Gasteiger partial charge in [0.25, 0.3) is 0 Å². The number of morpholine rings is 1. The number of ether oxygens (including phenoxy) is 2. The molecule has 2 aliphatic rings. The van der Waals surface area contributed by atoms with Crippen molar-refractivity contribution in [3.8, 4) is 22.5 Å². The molecule has 3 atom stereocenters. The maximum atomic E-state index is 12.8. The van der Waals surface area contributed by atoms with Gasteiger partial charge in [-0.15, -0.1) is 0 Å². The first-order valence-corrected chi connectivity index (χ1v) is 16.0. The Balaban J connectivity index is 1.51. The van der Waals surface area contributed by atoms with Gasteiger partial charge in [0.2, 0.25) is 0 Å². The minimum Gasteiger partial charge on any atom is -0.377 e. The van der Waals surface area contributed by atoms with E-state index in [9.17, 15) is 18.0 Å². The molecule has 6 heterocycles. The zero-order valence-electron chi connectivity index (χ0n) is 24.5. The number of alkyl halides is 3. The van der Waals surface area contributed by atoms with Crippen LogP contribution in [-0.4, -0.2) is 75.5 Å². The van der Waals surface area contributed by atoms with Crippen molar-refractivity contribution in [3.63, 3.8) is 0 Å². The lowest BCUT2D eigenvalue weighted by atomic mass is 9.99. The number of rotatable bonds is 5. The van der Waals surface area contributed by atoms with Gasteiger partial charge >= 0.3 is 12.1 Å². The highest BCUT2D eigenvalue weighted by molar-refractivity contribution is 7.86. The van der Waals surface area contributed by atoms with E-state index in [-0.39, 0.29) is 12.3 Å². The van der Waals surface area contributed by atoms with Crippen molar-refractivity contribution >= 4 is 33.3 Å². The molecular weight excluding hydrogens is 595 g/mol. The number of aromatic nitrogens is 5. The molecule has 2 saturated heterocycles. The second-order valence-electron chi connectivity index (χ2n) is 10.8. The fraction of sp³-hybridized carbons (Fsp3) is 0.433. The zero-order valence-corrected chi connectivity index (χ0v) is 25.4. The minimum atomic E-state index is -5.02. The Kier molecular flexibility index (Phi) is 8.49. The van der Waals surface area contributed by atoms with Crippen molar-refractivity contribution in [3.05, 3.63) is 48.4 Å². The Bertz CT molecular complexity index is 1740. The summed E-state index contributed by atoms with van der Waals surface area (Å²) in [4.78, 5) is 28.2. The molecule has 232 valence electrons. The average molecular weight is 628 g/mol. The highest BCUT2D eigenvalue weighted by Gasteiger charge is 2.39. The number of halogens is 3. The van der Waals surface area contributed by atoms with Crippen molar-refractivity contribution in [2.75, 3.05) is 37.5 Å². The summed E-state index contributed by atoms with van der Waals surface area (Å²) in [5.41, 5.74) is 4.36. The fourth-order valence-electron chi connectivity index (χ4n) is 5.62. The van der Waals surface area contributed by atoms with Gasteiger partial charge in [0.15, 0.2) is 6.23 Å². The van der Waals surface area contributed by atoms with E-state index in [0.717, 1.165) is 47.3 Å². The largest absolute Gasteiger partial charge is 0.474 e.